The summed E-state index contributed by atoms with van der Waals surface area (Å²) in [6.07, 6.45) is 3.38. The second kappa shape index (κ2) is 7.03. The molecule has 0 bridgehead atoms. The summed E-state index contributed by atoms with van der Waals surface area (Å²) in [6.45, 7) is 10.5. The highest BCUT2D eigenvalue weighted by Crippen LogP contribution is 2.31. The molecule has 0 saturated carbocycles. The van der Waals surface area contributed by atoms with Crippen LogP contribution in [0.2, 0.25) is 0 Å². The van der Waals surface area contributed by atoms with Crippen molar-refractivity contribution >= 4 is 21.8 Å². The van der Waals surface area contributed by atoms with Gasteiger partial charge in [-0.1, -0.05) is 15.9 Å². The van der Waals surface area contributed by atoms with Crippen LogP contribution in [-0.4, -0.2) is 29.5 Å². The molecule has 3 nitrogen and oxygen atoms in total. The summed E-state index contributed by atoms with van der Waals surface area (Å²) in [5.41, 5.74) is 3.39. The highest BCUT2D eigenvalue weighted by atomic mass is 79.9. The summed E-state index contributed by atoms with van der Waals surface area (Å²) in [7, 11) is 0. The Morgan fingerprint density at radius 1 is 1.23 bits per heavy atom. The first-order valence-corrected chi connectivity index (χ1v) is 8.82. The lowest BCUT2D eigenvalue weighted by Gasteiger charge is -2.39. The van der Waals surface area contributed by atoms with Gasteiger partial charge in [0.05, 0.1) is 0 Å². The van der Waals surface area contributed by atoms with Crippen molar-refractivity contribution < 1.29 is 9.53 Å². The quantitative estimate of drug-likeness (QED) is 0.784. The third-order valence-corrected chi connectivity index (χ3v) is 6.01. The van der Waals surface area contributed by atoms with Crippen LogP contribution in [0.3, 0.4) is 0 Å². The Kier molecular flexibility index (Phi) is 5.54. The van der Waals surface area contributed by atoms with Crippen LogP contribution in [0.15, 0.2) is 10.5 Å². The largest absolute Gasteiger partial charge is 0.483 e. The first-order chi connectivity index (χ1) is 10.3. The van der Waals surface area contributed by atoms with E-state index in [1.54, 1.807) is 0 Å². The van der Waals surface area contributed by atoms with Gasteiger partial charge in [0.25, 0.3) is 5.91 Å². The third-order valence-electron chi connectivity index (χ3n) is 4.79. The lowest BCUT2D eigenvalue weighted by Crippen LogP contribution is -2.49. The molecule has 122 valence electrons. The summed E-state index contributed by atoms with van der Waals surface area (Å²) >= 11 is 3.59. The highest BCUT2D eigenvalue weighted by molar-refractivity contribution is 9.10. The average Bonchev–Trinajstić information content (AvgIpc) is 2.47. The molecule has 1 aromatic rings. The van der Waals surface area contributed by atoms with Crippen LogP contribution in [0, 0.1) is 20.8 Å². The molecule has 0 aliphatic carbocycles. The molecule has 4 heteroatoms. The van der Waals surface area contributed by atoms with Gasteiger partial charge in [-0.15, -0.1) is 0 Å². The predicted molar refractivity (Wildman–Crippen MR) is 93.5 cm³/mol. The highest BCUT2D eigenvalue weighted by Gasteiger charge is 2.29. The van der Waals surface area contributed by atoms with Gasteiger partial charge >= 0.3 is 0 Å². The van der Waals surface area contributed by atoms with Crippen LogP contribution >= 0.6 is 15.9 Å². The number of hydrogen-bond donors (Lipinski definition) is 0. The predicted octanol–water partition coefficient (Wildman–Crippen LogP) is 4.54. The Labute approximate surface area is 142 Å². The lowest BCUT2D eigenvalue weighted by molar-refractivity contribution is -0.139. The SMILES string of the molecule is Cc1cc(OCC(=O)N2[C@H](C)CCC[C@@H]2C)c(C)c(C)c1Br. The molecular formula is C18H26BrNO2. The molecule has 0 spiro atoms. The molecule has 1 aromatic carbocycles. The van der Waals surface area contributed by atoms with E-state index in [2.05, 4.69) is 36.7 Å². The molecule has 2 rings (SSSR count). The maximum absolute atomic E-state index is 12.5. The van der Waals surface area contributed by atoms with Crippen LogP contribution < -0.4 is 4.74 Å². The van der Waals surface area contributed by atoms with Crippen LogP contribution in [0.5, 0.6) is 5.75 Å². The van der Waals surface area contributed by atoms with E-state index in [0.717, 1.165) is 34.2 Å². The number of nitrogens with zero attached hydrogens (tertiary/aromatic N) is 1. The van der Waals surface area contributed by atoms with Gasteiger partial charge in [0.2, 0.25) is 0 Å². The average molecular weight is 368 g/mol. The molecule has 1 amide bonds. The fraction of sp³-hybridized carbons (Fsp3) is 0.611. The second-order valence-electron chi connectivity index (χ2n) is 6.47. The number of carbonyl (C=O) groups is 1. The fourth-order valence-electron chi connectivity index (χ4n) is 3.29. The number of benzene rings is 1. The molecule has 0 radical (unpaired) electrons. The Bertz CT molecular complexity index is 561. The van der Waals surface area contributed by atoms with Gasteiger partial charge in [0.1, 0.15) is 5.75 Å². The van der Waals surface area contributed by atoms with Gasteiger partial charge in [-0.25, -0.2) is 0 Å². The van der Waals surface area contributed by atoms with E-state index in [1.807, 2.05) is 24.8 Å². The lowest BCUT2D eigenvalue weighted by atomic mass is 9.97. The van der Waals surface area contributed by atoms with Gasteiger partial charge in [-0.05, 0) is 76.6 Å². The van der Waals surface area contributed by atoms with Crippen molar-refractivity contribution in [3.63, 3.8) is 0 Å². The first-order valence-electron chi connectivity index (χ1n) is 8.03. The zero-order valence-electron chi connectivity index (χ0n) is 14.2. The topological polar surface area (TPSA) is 29.5 Å². The van der Waals surface area contributed by atoms with Crippen molar-refractivity contribution in [2.24, 2.45) is 0 Å². The zero-order chi connectivity index (χ0) is 16.4. The Hall–Kier alpha value is -1.03. The van der Waals surface area contributed by atoms with Crippen molar-refractivity contribution in [3.05, 3.63) is 27.2 Å². The van der Waals surface area contributed by atoms with Crippen LogP contribution in [0.25, 0.3) is 0 Å². The first kappa shape index (κ1) is 17.3. The monoisotopic (exact) mass is 367 g/mol. The van der Waals surface area contributed by atoms with E-state index in [1.165, 1.54) is 12.0 Å². The van der Waals surface area contributed by atoms with Gasteiger partial charge in [-0.3, -0.25) is 4.79 Å². The van der Waals surface area contributed by atoms with Crippen LogP contribution in [-0.2, 0) is 4.79 Å². The van der Waals surface area contributed by atoms with E-state index < -0.39 is 0 Å². The van der Waals surface area contributed by atoms with Crippen LogP contribution in [0.1, 0.15) is 49.8 Å². The number of carbonyl (C=O) groups excluding carboxylic acids is 1. The van der Waals surface area contributed by atoms with Crippen molar-refractivity contribution in [1.29, 1.82) is 0 Å². The van der Waals surface area contributed by atoms with Crippen molar-refractivity contribution in [1.82, 2.24) is 4.90 Å². The minimum atomic E-state index is 0.0947. The molecule has 2 atom stereocenters. The molecule has 0 unspecified atom stereocenters. The molecule has 1 fully saturated rings. The standard InChI is InChI=1S/C18H26BrNO2/c1-11-9-16(14(4)15(5)18(11)19)22-10-17(21)20-12(2)7-6-8-13(20)3/h9,12-13H,6-8,10H2,1-5H3/t12-,13+. The van der Waals surface area contributed by atoms with Crippen molar-refractivity contribution in [2.75, 3.05) is 6.61 Å². The maximum Gasteiger partial charge on any atom is 0.260 e. The van der Waals surface area contributed by atoms with Gasteiger partial charge in [0.15, 0.2) is 6.61 Å². The number of likely N-dealkylation sites (tertiary alicyclic amines) is 1. The van der Waals surface area contributed by atoms with E-state index in [0.29, 0.717) is 12.1 Å². The van der Waals surface area contributed by atoms with Crippen LogP contribution in [0.4, 0.5) is 0 Å². The van der Waals surface area contributed by atoms with E-state index in [9.17, 15) is 4.79 Å². The van der Waals surface area contributed by atoms with Gasteiger partial charge < -0.3 is 9.64 Å². The van der Waals surface area contributed by atoms with E-state index >= 15 is 0 Å². The number of amides is 1. The van der Waals surface area contributed by atoms with Crippen molar-refractivity contribution in [3.8, 4) is 5.75 Å². The molecule has 1 heterocycles. The summed E-state index contributed by atoms with van der Waals surface area (Å²) in [4.78, 5) is 14.5. The Balaban J connectivity index is 2.08. The zero-order valence-corrected chi connectivity index (χ0v) is 15.8. The minimum Gasteiger partial charge on any atom is -0.483 e. The number of ether oxygens (including phenoxy) is 1. The molecule has 1 aliphatic heterocycles. The molecule has 1 aliphatic rings. The minimum absolute atomic E-state index is 0.0947. The van der Waals surface area contributed by atoms with E-state index in [4.69, 9.17) is 4.74 Å². The Morgan fingerprint density at radius 3 is 2.41 bits per heavy atom. The normalized spacial score (nSPS) is 21.8. The number of rotatable bonds is 3. The van der Waals surface area contributed by atoms with Gasteiger partial charge in [0, 0.05) is 16.6 Å². The number of hydrogen-bond acceptors (Lipinski definition) is 2. The molecule has 22 heavy (non-hydrogen) atoms. The molecular weight excluding hydrogens is 342 g/mol. The van der Waals surface area contributed by atoms with Gasteiger partial charge in [-0.2, -0.15) is 0 Å². The van der Waals surface area contributed by atoms with Crippen molar-refractivity contribution in [2.45, 2.75) is 66.0 Å². The molecule has 0 N–H and O–H groups in total. The Morgan fingerprint density at radius 2 is 1.82 bits per heavy atom. The second-order valence-corrected chi connectivity index (χ2v) is 7.27. The smallest absolute Gasteiger partial charge is 0.260 e. The third kappa shape index (κ3) is 3.48. The number of halogens is 1. The summed E-state index contributed by atoms with van der Waals surface area (Å²) in [6, 6.07) is 2.63. The molecule has 1 saturated heterocycles. The number of aryl methyl sites for hydroxylation is 1. The fourth-order valence-corrected chi connectivity index (χ4v) is 3.70. The maximum atomic E-state index is 12.5. The molecule has 0 aromatic heterocycles. The summed E-state index contributed by atoms with van der Waals surface area (Å²) in [5.74, 6) is 0.904. The summed E-state index contributed by atoms with van der Waals surface area (Å²) < 4.78 is 6.97. The number of piperidine rings is 1. The summed E-state index contributed by atoms with van der Waals surface area (Å²) in [5, 5.41) is 0. The van der Waals surface area contributed by atoms with E-state index in [-0.39, 0.29) is 12.5 Å².